The molecular weight excluding hydrogens is 222 g/mol. The molecule has 0 aliphatic rings. The van der Waals surface area contributed by atoms with Gasteiger partial charge >= 0.3 is 0 Å². The lowest BCUT2D eigenvalue weighted by Crippen LogP contribution is -2.19. The minimum Gasteiger partial charge on any atom is -0.385 e. The SMILES string of the molecule is COCCCN(C)c1nc(C)c(C(C)N)s1. The number of nitrogens with two attached hydrogens (primary N) is 1. The lowest BCUT2D eigenvalue weighted by atomic mass is 10.2. The molecule has 0 saturated carbocycles. The first-order valence-corrected chi connectivity index (χ1v) is 6.31. The van der Waals surface area contributed by atoms with E-state index in [9.17, 15) is 0 Å². The number of hydrogen-bond donors (Lipinski definition) is 1. The van der Waals surface area contributed by atoms with Gasteiger partial charge in [0.1, 0.15) is 0 Å². The van der Waals surface area contributed by atoms with E-state index >= 15 is 0 Å². The van der Waals surface area contributed by atoms with E-state index in [0.29, 0.717) is 0 Å². The zero-order chi connectivity index (χ0) is 12.1. The zero-order valence-electron chi connectivity index (χ0n) is 10.5. The van der Waals surface area contributed by atoms with E-state index in [2.05, 4.69) is 16.9 Å². The van der Waals surface area contributed by atoms with Gasteiger partial charge in [0, 0.05) is 38.2 Å². The van der Waals surface area contributed by atoms with Crippen molar-refractivity contribution in [2.45, 2.75) is 26.3 Å². The molecule has 92 valence electrons. The van der Waals surface area contributed by atoms with Crippen molar-refractivity contribution in [1.29, 1.82) is 0 Å². The highest BCUT2D eigenvalue weighted by atomic mass is 32.1. The predicted octanol–water partition coefficient (Wildman–Crippen LogP) is 1.94. The van der Waals surface area contributed by atoms with Gasteiger partial charge in [-0.15, -0.1) is 11.3 Å². The van der Waals surface area contributed by atoms with Crippen LogP contribution in [0, 0.1) is 6.92 Å². The van der Waals surface area contributed by atoms with Gasteiger partial charge in [0.25, 0.3) is 0 Å². The molecule has 1 aromatic rings. The Balaban J connectivity index is 2.62. The van der Waals surface area contributed by atoms with Crippen molar-refractivity contribution >= 4 is 16.5 Å². The van der Waals surface area contributed by atoms with E-state index in [1.54, 1.807) is 18.4 Å². The van der Waals surface area contributed by atoms with Gasteiger partial charge in [-0.05, 0) is 20.3 Å². The van der Waals surface area contributed by atoms with Crippen molar-refractivity contribution < 1.29 is 4.74 Å². The maximum Gasteiger partial charge on any atom is 0.185 e. The van der Waals surface area contributed by atoms with E-state index in [-0.39, 0.29) is 6.04 Å². The van der Waals surface area contributed by atoms with E-state index in [0.717, 1.165) is 30.4 Å². The van der Waals surface area contributed by atoms with Crippen LogP contribution >= 0.6 is 11.3 Å². The van der Waals surface area contributed by atoms with Gasteiger partial charge in [-0.3, -0.25) is 0 Å². The van der Waals surface area contributed by atoms with Gasteiger partial charge in [0.05, 0.1) is 5.69 Å². The number of rotatable bonds is 6. The minimum absolute atomic E-state index is 0.0682. The van der Waals surface area contributed by atoms with Crippen LogP contribution in [-0.2, 0) is 4.74 Å². The Kier molecular flexibility index (Phi) is 5.18. The number of nitrogens with zero attached hydrogens (tertiary/aromatic N) is 2. The molecule has 0 aromatic carbocycles. The third-order valence-electron chi connectivity index (χ3n) is 2.40. The summed E-state index contributed by atoms with van der Waals surface area (Å²) in [6.45, 7) is 5.75. The Morgan fingerprint density at radius 1 is 1.56 bits per heavy atom. The Morgan fingerprint density at radius 3 is 2.75 bits per heavy atom. The fourth-order valence-corrected chi connectivity index (χ4v) is 2.53. The second-order valence-corrected chi connectivity index (χ2v) is 5.01. The van der Waals surface area contributed by atoms with Crippen LogP contribution in [0.4, 0.5) is 5.13 Å². The van der Waals surface area contributed by atoms with E-state index < -0.39 is 0 Å². The molecule has 2 N–H and O–H groups in total. The number of thiazole rings is 1. The molecule has 1 rings (SSSR count). The number of methoxy groups -OCH3 is 1. The molecule has 1 unspecified atom stereocenters. The summed E-state index contributed by atoms with van der Waals surface area (Å²) in [5.74, 6) is 0. The summed E-state index contributed by atoms with van der Waals surface area (Å²) in [4.78, 5) is 7.86. The third-order valence-corrected chi connectivity index (χ3v) is 3.88. The van der Waals surface area contributed by atoms with Crippen molar-refractivity contribution in [2.75, 3.05) is 32.2 Å². The van der Waals surface area contributed by atoms with Crippen LogP contribution in [0.5, 0.6) is 0 Å². The second kappa shape index (κ2) is 6.18. The molecule has 5 heteroatoms. The Morgan fingerprint density at radius 2 is 2.25 bits per heavy atom. The average Bonchev–Trinajstić information content (AvgIpc) is 2.60. The van der Waals surface area contributed by atoms with Crippen molar-refractivity contribution in [1.82, 2.24) is 4.98 Å². The summed E-state index contributed by atoms with van der Waals surface area (Å²) in [6.07, 6.45) is 1.01. The molecule has 0 aliphatic heterocycles. The molecule has 1 aromatic heterocycles. The summed E-state index contributed by atoms with van der Waals surface area (Å²) in [5, 5.41) is 1.04. The Hall–Kier alpha value is -0.650. The standard InChI is InChI=1S/C11H21N3OS/c1-8(12)10-9(2)13-11(16-10)14(3)6-5-7-15-4/h8H,5-7,12H2,1-4H3. The minimum atomic E-state index is 0.0682. The molecule has 0 bridgehead atoms. The normalized spacial score (nSPS) is 12.8. The quantitative estimate of drug-likeness (QED) is 0.776. The second-order valence-electron chi connectivity index (χ2n) is 4.00. The fourth-order valence-electron chi connectivity index (χ4n) is 1.52. The van der Waals surface area contributed by atoms with Crippen LogP contribution in [0.1, 0.15) is 30.0 Å². The number of hydrogen-bond acceptors (Lipinski definition) is 5. The van der Waals surface area contributed by atoms with E-state index in [4.69, 9.17) is 10.5 Å². The number of aromatic nitrogens is 1. The molecule has 1 heterocycles. The summed E-state index contributed by atoms with van der Waals surface area (Å²) >= 11 is 1.68. The topological polar surface area (TPSA) is 51.4 Å². The number of aryl methyl sites for hydroxylation is 1. The van der Waals surface area contributed by atoms with Crippen LogP contribution in [-0.4, -0.2) is 32.3 Å². The maximum atomic E-state index is 5.88. The van der Waals surface area contributed by atoms with Crippen molar-refractivity contribution in [3.8, 4) is 0 Å². The molecule has 0 spiro atoms. The lowest BCUT2D eigenvalue weighted by molar-refractivity contribution is 0.196. The molecular formula is C11H21N3OS. The monoisotopic (exact) mass is 243 g/mol. The van der Waals surface area contributed by atoms with E-state index in [1.807, 2.05) is 13.8 Å². The zero-order valence-corrected chi connectivity index (χ0v) is 11.3. The molecule has 4 nitrogen and oxygen atoms in total. The van der Waals surface area contributed by atoms with Crippen molar-refractivity contribution in [3.63, 3.8) is 0 Å². The largest absolute Gasteiger partial charge is 0.385 e. The third kappa shape index (κ3) is 3.43. The molecule has 1 atom stereocenters. The number of ether oxygens (including phenoxy) is 1. The van der Waals surface area contributed by atoms with Gasteiger partial charge < -0.3 is 15.4 Å². The number of anilines is 1. The first kappa shape index (κ1) is 13.4. The Labute approximate surface area is 101 Å². The van der Waals surface area contributed by atoms with Crippen molar-refractivity contribution in [3.05, 3.63) is 10.6 Å². The molecule has 16 heavy (non-hydrogen) atoms. The van der Waals surface area contributed by atoms with Crippen LogP contribution in [0.3, 0.4) is 0 Å². The average molecular weight is 243 g/mol. The van der Waals surface area contributed by atoms with Gasteiger partial charge in [0.2, 0.25) is 0 Å². The van der Waals surface area contributed by atoms with Gasteiger partial charge in [-0.25, -0.2) is 4.98 Å². The predicted molar refractivity (Wildman–Crippen MR) is 69.2 cm³/mol. The summed E-state index contributed by atoms with van der Waals surface area (Å²) in [5.41, 5.74) is 6.93. The highest BCUT2D eigenvalue weighted by Crippen LogP contribution is 2.28. The van der Waals surface area contributed by atoms with Gasteiger partial charge in [-0.1, -0.05) is 0 Å². The fraction of sp³-hybridized carbons (Fsp3) is 0.727. The smallest absolute Gasteiger partial charge is 0.185 e. The first-order valence-electron chi connectivity index (χ1n) is 5.49. The van der Waals surface area contributed by atoms with Gasteiger partial charge in [0.15, 0.2) is 5.13 Å². The molecule has 0 fully saturated rings. The van der Waals surface area contributed by atoms with Crippen LogP contribution in [0.2, 0.25) is 0 Å². The Bertz CT molecular complexity index is 325. The van der Waals surface area contributed by atoms with Gasteiger partial charge in [-0.2, -0.15) is 0 Å². The highest BCUT2D eigenvalue weighted by Gasteiger charge is 2.13. The van der Waals surface area contributed by atoms with Crippen molar-refractivity contribution in [2.24, 2.45) is 5.73 Å². The summed E-state index contributed by atoms with van der Waals surface area (Å²) in [6, 6.07) is 0.0682. The van der Waals surface area contributed by atoms with E-state index in [1.165, 1.54) is 4.88 Å². The molecule has 0 radical (unpaired) electrons. The van der Waals surface area contributed by atoms with Crippen LogP contribution in [0.15, 0.2) is 0 Å². The maximum absolute atomic E-state index is 5.88. The van der Waals surface area contributed by atoms with Crippen LogP contribution in [0.25, 0.3) is 0 Å². The molecule has 0 aliphatic carbocycles. The molecule has 0 amide bonds. The molecule has 0 saturated heterocycles. The highest BCUT2D eigenvalue weighted by molar-refractivity contribution is 7.15. The first-order chi connectivity index (χ1) is 7.56. The van der Waals surface area contributed by atoms with Crippen LogP contribution < -0.4 is 10.6 Å². The summed E-state index contributed by atoms with van der Waals surface area (Å²) < 4.78 is 5.03. The summed E-state index contributed by atoms with van der Waals surface area (Å²) in [7, 11) is 3.78. The lowest BCUT2D eigenvalue weighted by Gasteiger charge is -2.14.